The standard InChI is InChI=1S/C16H22N4O3/c1-19-9-7-13(8-10-19)20(2)16(23)15(22)18-14(21)11-3-5-12(17)6-4-11/h3-6,13H,7-10,17H2,1-2H3,(H,18,21,22). The van der Waals surface area contributed by atoms with Crippen LogP contribution in [0.1, 0.15) is 23.2 Å². The Morgan fingerprint density at radius 1 is 1.17 bits per heavy atom. The van der Waals surface area contributed by atoms with Crippen LogP contribution in [-0.2, 0) is 9.59 Å². The number of anilines is 1. The molecule has 3 N–H and O–H groups in total. The van der Waals surface area contributed by atoms with Crippen LogP contribution < -0.4 is 11.1 Å². The Balaban J connectivity index is 1.92. The van der Waals surface area contributed by atoms with Crippen LogP contribution in [0.5, 0.6) is 0 Å². The average molecular weight is 318 g/mol. The SMILES string of the molecule is CN1CCC(N(C)C(=O)C(=O)NC(=O)c2ccc(N)cc2)CC1. The number of imide groups is 1. The number of likely N-dealkylation sites (N-methyl/N-ethyl adjacent to an activating group) is 1. The molecule has 2 rings (SSSR count). The molecule has 1 aliphatic heterocycles. The van der Waals surface area contributed by atoms with Crippen molar-refractivity contribution in [3.8, 4) is 0 Å². The zero-order valence-corrected chi connectivity index (χ0v) is 13.4. The second-order valence-electron chi connectivity index (χ2n) is 5.86. The van der Waals surface area contributed by atoms with Gasteiger partial charge in [0.1, 0.15) is 0 Å². The summed E-state index contributed by atoms with van der Waals surface area (Å²) in [5, 5.41) is 2.12. The minimum absolute atomic E-state index is 0.0241. The highest BCUT2D eigenvalue weighted by atomic mass is 16.2. The minimum Gasteiger partial charge on any atom is -0.399 e. The van der Waals surface area contributed by atoms with E-state index in [0.717, 1.165) is 25.9 Å². The van der Waals surface area contributed by atoms with Crippen molar-refractivity contribution in [2.75, 3.05) is 32.9 Å². The number of rotatable bonds is 2. The highest BCUT2D eigenvalue weighted by molar-refractivity contribution is 6.38. The van der Waals surface area contributed by atoms with E-state index in [9.17, 15) is 14.4 Å². The molecule has 1 saturated heterocycles. The monoisotopic (exact) mass is 318 g/mol. The third-order valence-corrected chi connectivity index (χ3v) is 4.15. The molecular formula is C16H22N4O3. The van der Waals surface area contributed by atoms with Gasteiger partial charge >= 0.3 is 11.8 Å². The number of nitrogen functional groups attached to an aromatic ring is 1. The number of hydrogen-bond acceptors (Lipinski definition) is 5. The quantitative estimate of drug-likeness (QED) is 0.595. The van der Waals surface area contributed by atoms with Gasteiger partial charge in [-0.3, -0.25) is 19.7 Å². The van der Waals surface area contributed by atoms with Gasteiger partial charge in [-0.1, -0.05) is 0 Å². The molecule has 0 radical (unpaired) electrons. The molecule has 0 aromatic heterocycles. The number of hydrogen-bond donors (Lipinski definition) is 2. The van der Waals surface area contributed by atoms with Gasteiger partial charge in [-0.25, -0.2) is 0 Å². The van der Waals surface area contributed by atoms with Crippen molar-refractivity contribution in [3.05, 3.63) is 29.8 Å². The van der Waals surface area contributed by atoms with E-state index < -0.39 is 17.7 Å². The lowest BCUT2D eigenvalue weighted by atomic mass is 10.0. The number of benzene rings is 1. The maximum absolute atomic E-state index is 12.2. The molecule has 7 nitrogen and oxygen atoms in total. The first-order chi connectivity index (χ1) is 10.9. The van der Waals surface area contributed by atoms with Crippen LogP contribution in [0.2, 0.25) is 0 Å². The molecule has 0 aliphatic carbocycles. The summed E-state index contributed by atoms with van der Waals surface area (Å²) in [6.45, 7) is 1.77. The zero-order valence-electron chi connectivity index (χ0n) is 13.4. The minimum atomic E-state index is -0.909. The number of nitrogens with two attached hydrogens (primary N) is 1. The second-order valence-corrected chi connectivity index (χ2v) is 5.86. The molecule has 1 fully saturated rings. The molecule has 0 atom stereocenters. The first-order valence-electron chi connectivity index (χ1n) is 7.55. The topological polar surface area (TPSA) is 95.7 Å². The van der Waals surface area contributed by atoms with Crippen LogP contribution in [0.25, 0.3) is 0 Å². The van der Waals surface area contributed by atoms with Gasteiger partial charge in [0.15, 0.2) is 0 Å². The summed E-state index contributed by atoms with van der Waals surface area (Å²) in [6, 6.07) is 6.15. The Morgan fingerprint density at radius 2 is 1.74 bits per heavy atom. The number of carbonyl (C=O) groups excluding carboxylic acids is 3. The van der Waals surface area contributed by atoms with Gasteiger partial charge in [0.25, 0.3) is 5.91 Å². The fourth-order valence-electron chi connectivity index (χ4n) is 2.57. The summed E-state index contributed by atoms with van der Waals surface area (Å²) < 4.78 is 0. The molecule has 7 heteroatoms. The van der Waals surface area contributed by atoms with Crippen LogP contribution in [0, 0.1) is 0 Å². The van der Waals surface area contributed by atoms with E-state index in [1.165, 1.54) is 17.0 Å². The lowest BCUT2D eigenvalue weighted by Crippen LogP contribution is -2.50. The van der Waals surface area contributed by atoms with Crippen molar-refractivity contribution in [1.82, 2.24) is 15.1 Å². The summed E-state index contributed by atoms with van der Waals surface area (Å²) in [7, 11) is 3.63. The summed E-state index contributed by atoms with van der Waals surface area (Å²) in [5.74, 6) is -2.21. The molecule has 1 aromatic rings. The van der Waals surface area contributed by atoms with Gasteiger partial charge in [0.2, 0.25) is 0 Å². The van der Waals surface area contributed by atoms with E-state index in [0.29, 0.717) is 5.69 Å². The molecule has 0 unspecified atom stereocenters. The maximum Gasteiger partial charge on any atom is 0.316 e. The van der Waals surface area contributed by atoms with Crippen LogP contribution >= 0.6 is 0 Å². The van der Waals surface area contributed by atoms with Crippen molar-refractivity contribution < 1.29 is 14.4 Å². The highest BCUT2D eigenvalue weighted by Crippen LogP contribution is 2.14. The zero-order chi connectivity index (χ0) is 17.0. The van der Waals surface area contributed by atoms with E-state index in [4.69, 9.17) is 5.73 Å². The Labute approximate surface area is 135 Å². The smallest absolute Gasteiger partial charge is 0.316 e. The van der Waals surface area contributed by atoms with E-state index in [1.54, 1.807) is 19.2 Å². The molecule has 1 aromatic carbocycles. The first kappa shape index (κ1) is 17.0. The van der Waals surface area contributed by atoms with E-state index in [-0.39, 0.29) is 11.6 Å². The van der Waals surface area contributed by atoms with Crippen molar-refractivity contribution in [1.29, 1.82) is 0 Å². The van der Waals surface area contributed by atoms with Gasteiger partial charge in [-0.05, 0) is 57.2 Å². The molecular weight excluding hydrogens is 296 g/mol. The predicted octanol–water partition coefficient (Wildman–Crippen LogP) is 0.0778. The third-order valence-electron chi connectivity index (χ3n) is 4.15. The predicted molar refractivity (Wildman–Crippen MR) is 86.6 cm³/mol. The van der Waals surface area contributed by atoms with Crippen LogP contribution in [0.3, 0.4) is 0 Å². The Morgan fingerprint density at radius 3 is 2.30 bits per heavy atom. The number of carbonyl (C=O) groups is 3. The van der Waals surface area contributed by atoms with E-state index in [1.807, 2.05) is 7.05 Å². The Kier molecular flexibility index (Phi) is 5.33. The molecule has 124 valence electrons. The van der Waals surface area contributed by atoms with Crippen molar-refractivity contribution in [2.24, 2.45) is 0 Å². The number of likely N-dealkylation sites (tertiary alicyclic amines) is 1. The van der Waals surface area contributed by atoms with Gasteiger partial charge < -0.3 is 15.5 Å². The first-order valence-corrected chi connectivity index (χ1v) is 7.55. The molecule has 0 spiro atoms. The number of amides is 3. The van der Waals surface area contributed by atoms with Crippen LogP contribution in [0.15, 0.2) is 24.3 Å². The summed E-state index contributed by atoms with van der Waals surface area (Å²) in [4.78, 5) is 39.7. The van der Waals surface area contributed by atoms with E-state index >= 15 is 0 Å². The molecule has 1 aliphatic rings. The van der Waals surface area contributed by atoms with Crippen molar-refractivity contribution >= 4 is 23.4 Å². The Hall–Kier alpha value is -2.41. The second kappa shape index (κ2) is 7.23. The van der Waals surface area contributed by atoms with Gasteiger partial charge in [-0.2, -0.15) is 0 Å². The fourth-order valence-corrected chi connectivity index (χ4v) is 2.57. The summed E-state index contributed by atoms with van der Waals surface area (Å²) >= 11 is 0. The summed E-state index contributed by atoms with van der Waals surface area (Å²) in [6.07, 6.45) is 1.63. The largest absolute Gasteiger partial charge is 0.399 e. The fraction of sp³-hybridized carbons (Fsp3) is 0.438. The lowest BCUT2D eigenvalue weighted by molar-refractivity contribution is -0.146. The number of nitrogens with one attached hydrogen (secondary N) is 1. The number of piperidine rings is 1. The summed E-state index contributed by atoms with van der Waals surface area (Å²) in [5.41, 5.74) is 6.34. The van der Waals surface area contributed by atoms with Gasteiger partial charge in [0.05, 0.1) is 0 Å². The third kappa shape index (κ3) is 4.29. The Bertz CT molecular complexity index is 592. The van der Waals surface area contributed by atoms with Crippen molar-refractivity contribution in [3.63, 3.8) is 0 Å². The lowest BCUT2D eigenvalue weighted by Gasteiger charge is -2.34. The number of nitrogens with zero attached hydrogens (tertiary/aromatic N) is 2. The highest BCUT2D eigenvalue weighted by Gasteiger charge is 2.28. The van der Waals surface area contributed by atoms with Crippen molar-refractivity contribution in [2.45, 2.75) is 18.9 Å². The maximum atomic E-state index is 12.2. The molecule has 23 heavy (non-hydrogen) atoms. The molecule has 3 amide bonds. The van der Waals surface area contributed by atoms with Crippen LogP contribution in [-0.4, -0.2) is 60.7 Å². The average Bonchev–Trinajstić information content (AvgIpc) is 2.54. The molecule has 1 heterocycles. The van der Waals surface area contributed by atoms with E-state index in [2.05, 4.69) is 10.2 Å². The van der Waals surface area contributed by atoms with Gasteiger partial charge in [-0.15, -0.1) is 0 Å². The van der Waals surface area contributed by atoms with Crippen LogP contribution in [0.4, 0.5) is 5.69 Å². The molecule has 0 bridgehead atoms. The molecule has 0 saturated carbocycles. The normalized spacial score (nSPS) is 15.9. The van der Waals surface area contributed by atoms with Gasteiger partial charge in [0, 0.05) is 24.3 Å².